The smallest absolute Gasteiger partial charge is 0.314 e. The van der Waals surface area contributed by atoms with Crippen molar-refractivity contribution >= 4 is 5.69 Å². The van der Waals surface area contributed by atoms with E-state index in [0.29, 0.717) is 28.8 Å². The Morgan fingerprint density at radius 1 is 1.32 bits per heavy atom. The molecule has 2 aliphatic rings. The molecule has 0 unspecified atom stereocenters. The molecule has 3 rings (SSSR count). The fourth-order valence-corrected chi connectivity index (χ4v) is 2.46. The zero-order valence-electron chi connectivity index (χ0n) is 11.5. The molecule has 1 aromatic carbocycles. The lowest BCUT2D eigenvalue weighted by Gasteiger charge is -2.15. The maximum Gasteiger partial charge on any atom is 0.314 e. The molecular formula is C16H20FN2+. The molecule has 0 bridgehead atoms. The summed E-state index contributed by atoms with van der Waals surface area (Å²) >= 11 is 0. The zero-order chi connectivity index (χ0) is 13.6. The summed E-state index contributed by atoms with van der Waals surface area (Å²) in [4.78, 5) is 4.29. The summed E-state index contributed by atoms with van der Waals surface area (Å²) in [6.07, 6.45) is 4.53. The minimum atomic E-state index is -0.235. The molecule has 0 spiro atoms. The second-order valence-corrected chi connectivity index (χ2v) is 6.06. The lowest BCUT2D eigenvalue weighted by molar-refractivity contribution is 0.595. The van der Waals surface area contributed by atoms with Gasteiger partial charge in [-0.05, 0) is 36.3 Å². The van der Waals surface area contributed by atoms with Gasteiger partial charge in [-0.1, -0.05) is 18.7 Å². The quantitative estimate of drug-likeness (QED) is 0.791. The molecule has 2 saturated carbocycles. The van der Waals surface area contributed by atoms with Crippen LogP contribution < -0.4 is 5.73 Å². The summed E-state index contributed by atoms with van der Waals surface area (Å²) in [5.41, 5.74) is 9.04. The summed E-state index contributed by atoms with van der Waals surface area (Å²) in [5.74, 6) is 0.362. The van der Waals surface area contributed by atoms with Crippen molar-refractivity contribution in [1.82, 2.24) is 0 Å². The average Bonchev–Trinajstić information content (AvgIpc) is 3.22. The van der Waals surface area contributed by atoms with Gasteiger partial charge in [-0.2, -0.15) is 0 Å². The highest BCUT2D eigenvalue weighted by Gasteiger charge is 2.33. The van der Waals surface area contributed by atoms with Gasteiger partial charge in [0.05, 0.1) is 0 Å². The largest absolute Gasteiger partial charge is 0.398 e. The first-order chi connectivity index (χ1) is 9.08. The molecule has 3 heteroatoms. The zero-order valence-corrected chi connectivity index (χ0v) is 11.5. The SMILES string of the molecule is CC(C)c1c(N)c(C2CC2)cc(C#[N+]C2CC2)c1F. The summed E-state index contributed by atoms with van der Waals surface area (Å²) in [6.45, 7) is 3.96. The minimum absolute atomic E-state index is 0.0835. The molecule has 0 atom stereocenters. The number of hydrogen-bond donors (Lipinski definition) is 1. The molecule has 0 radical (unpaired) electrons. The molecule has 1 aromatic rings. The molecule has 100 valence electrons. The van der Waals surface area contributed by atoms with E-state index in [4.69, 9.17) is 5.73 Å². The van der Waals surface area contributed by atoms with E-state index in [1.54, 1.807) is 0 Å². The van der Waals surface area contributed by atoms with Gasteiger partial charge in [-0.25, -0.2) is 4.39 Å². The molecule has 2 N–H and O–H groups in total. The van der Waals surface area contributed by atoms with E-state index in [-0.39, 0.29) is 11.7 Å². The van der Waals surface area contributed by atoms with Crippen molar-refractivity contribution in [2.45, 2.75) is 57.4 Å². The van der Waals surface area contributed by atoms with Gasteiger partial charge in [0.15, 0.2) is 5.82 Å². The van der Waals surface area contributed by atoms with Gasteiger partial charge in [0.2, 0.25) is 0 Å². The standard InChI is InChI=1S/C16H19FN2/c1-9(2)14-15(17)11(8-19-12-5-6-12)7-13(16(14)18)10-3-4-10/h7,9-10,12,18H,3-6H2,1-2H3/p+1. The highest BCUT2D eigenvalue weighted by atomic mass is 19.1. The van der Waals surface area contributed by atoms with Crippen LogP contribution in [0.5, 0.6) is 0 Å². The van der Waals surface area contributed by atoms with Gasteiger partial charge in [0.25, 0.3) is 6.04 Å². The van der Waals surface area contributed by atoms with Crippen molar-refractivity contribution in [1.29, 1.82) is 0 Å². The second-order valence-electron chi connectivity index (χ2n) is 6.06. The Hall–Kier alpha value is -1.56. The molecule has 2 fully saturated rings. The molecule has 0 saturated heterocycles. The first kappa shape index (κ1) is 12.5. The van der Waals surface area contributed by atoms with Crippen molar-refractivity contribution in [2.24, 2.45) is 0 Å². The van der Waals surface area contributed by atoms with E-state index in [9.17, 15) is 4.39 Å². The fourth-order valence-electron chi connectivity index (χ4n) is 2.46. The number of benzene rings is 1. The Morgan fingerprint density at radius 2 is 2.00 bits per heavy atom. The third kappa shape index (κ3) is 2.45. The van der Waals surface area contributed by atoms with Crippen LogP contribution in [0, 0.1) is 11.9 Å². The highest BCUT2D eigenvalue weighted by Crippen LogP contribution is 2.45. The molecule has 0 aliphatic heterocycles. The molecule has 0 aromatic heterocycles. The van der Waals surface area contributed by atoms with Crippen molar-refractivity contribution in [3.05, 3.63) is 33.4 Å². The number of anilines is 1. The summed E-state index contributed by atoms with van der Waals surface area (Å²) in [5, 5.41) is 0. The van der Waals surface area contributed by atoms with E-state index in [0.717, 1.165) is 31.2 Å². The van der Waals surface area contributed by atoms with Crippen LogP contribution in [0.1, 0.15) is 68.1 Å². The lowest BCUT2D eigenvalue weighted by Crippen LogP contribution is -2.06. The Kier molecular flexibility index (Phi) is 2.97. The van der Waals surface area contributed by atoms with Crippen molar-refractivity contribution < 1.29 is 4.39 Å². The number of nitrogen functional groups attached to an aromatic ring is 1. The van der Waals surface area contributed by atoms with E-state index >= 15 is 0 Å². The van der Waals surface area contributed by atoms with Crippen molar-refractivity contribution in [2.75, 3.05) is 5.73 Å². The van der Waals surface area contributed by atoms with Crippen LogP contribution in [0.15, 0.2) is 6.07 Å². The van der Waals surface area contributed by atoms with Crippen LogP contribution in [0.4, 0.5) is 10.1 Å². The van der Waals surface area contributed by atoms with E-state index < -0.39 is 0 Å². The third-order valence-corrected chi connectivity index (χ3v) is 3.88. The maximum atomic E-state index is 14.5. The number of nitrogens with two attached hydrogens (primary N) is 1. The Morgan fingerprint density at radius 3 is 2.53 bits per heavy atom. The average molecular weight is 259 g/mol. The second kappa shape index (κ2) is 4.52. The Labute approximate surface area is 113 Å². The molecular weight excluding hydrogens is 239 g/mol. The van der Waals surface area contributed by atoms with Gasteiger partial charge in [0.1, 0.15) is 5.56 Å². The minimum Gasteiger partial charge on any atom is -0.398 e. The van der Waals surface area contributed by atoms with E-state index in [1.807, 2.05) is 19.9 Å². The van der Waals surface area contributed by atoms with E-state index in [1.165, 1.54) is 0 Å². The molecule has 0 heterocycles. The molecule has 2 aliphatic carbocycles. The number of hydrogen-bond acceptors (Lipinski definition) is 1. The van der Waals surface area contributed by atoms with Crippen molar-refractivity contribution in [3.63, 3.8) is 0 Å². The Balaban J connectivity index is 2.10. The van der Waals surface area contributed by atoms with Crippen LogP contribution in [0.2, 0.25) is 0 Å². The topological polar surface area (TPSA) is 30.4 Å². The summed E-state index contributed by atoms with van der Waals surface area (Å²) in [7, 11) is 0. The van der Waals surface area contributed by atoms with Crippen molar-refractivity contribution in [3.8, 4) is 6.07 Å². The molecule has 19 heavy (non-hydrogen) atoms. The van der Waals surface area contributed by atoms with Crippen LogP contribution in [-0.4, -0.2) is 6.04 Å². The maximum absolute atomic E-state index is 14.5. The predicted octanol–water partition coefficient (Wildman–Crippen LogP) is 4.25. The summed E-state index contributed by atoms with van der Waals surface area (Å²) in [6, 6.07) is 5.14. The lowest BCUT2D eigenvalue weighted by atomic mass is 9.93. The highest BCUT2D eigenvalue weighted by molar-refractivity contribution is 5.62. The third-order valence-electron chi connectivity index (χ3n) is 3.88. The first-order valence-corrected chi connectivity index (χ1v) is 7.15. The van der Waals surface area contributed by atoms with Crippen LogP contribution in [0.3, 0.4) is 0 Å². The van der Waals surface area contributed by atoms with Gasteiger partial charge >= 0.3 is 6.07 Å². The fraction of sp³-hybridized carbons (Fsp3) is 0.562. The monoisotopic (exact) mass is 259 g/mol. The molecule has 0 amide bonds. The number of halogens is 1. The summed E-state index contributed by atoms with van der Waals surface area (Å²) < 4.78 is 14.5. The first-order valence-electron chi connectivity index (χ1n) is 7.15. The normalized spacial score (nSPS) is 18.3. The number of nitrogens with zero attached hydrogens (tertiary/aromatic N) is 1. The van der Waals surface area contributed by atoms with Crippen LogP contribution >= 0.6 is 0 Å². The number of rotatable bonds is 2. The van der Waals surface area contributed by atoms with E-state index in [2.05, 4.69) is 10.9 Å². The van der Waals surface area contributed by atoms with Gasteiger partial charge < -0.3 is 5.73 Å². The predicted molar refractivity (Wildman–Crippen MR) is 76.2 cm³/mol. The molecule has 2 nitrogen and oxygen atoms in total. The van der Waals surface area contributed by atoms with Gasteiger partial charge in [0, 0.05) is 24.1 Å². The van der Waals surface area contributed by atoms with Crippen LogP contribution in [-0.2, 0) is 0 Å². The van der Waals surface area contributed by atoms with Gasteiger partial charge in [-0.15, -0.1) is 0 Å². The Bertz CT molecular complexity index is 573. The van der Waals surface area contributed by atoms with Gasteiger partial charge in [-0.3, -0.25) is 0 Å². The van der Waals surface area contributed by atoms with Crippen LogP contribution in [0.25, 0.3) is 4.85 Å².